The van der Waals surface area contributed by atoms with Crippen molar-refractivity contribution in [2.75, 3.05) is 24.6 Å². The predicted octanol–water partition coefficient (Wildman–Crippen LogP) is 2.07. The number of H-pyrrole nitrogens is 1. The molecule has 2 atom stereocenters. The molecule has 0 radical (unpaired) electrons. The molecule has 1 spiro atoms. The largest absolute Gasteiger partial charge is 0.465 e. The number of ether oxygens (including phenoxy) is 1. The maximum atomic E-state index is 11.2. The number of nitrogens with one attached hydrogen (secondary N) is 2. The topological polar surface area (TPSA) is 116 Å². The molecule has 140 valence electrons. The van der Waals surface area contributed by atoms with Crippen LogP contribution < -0.4 is 10.2 Å². The first-order chi connectivity index (χ1) is 12.4. The normalized spacial score (nSPS) is 25.1. The van der Waals surface area contributed by atoms with Gasteiger partial charge in [-0.3, -0.25) is 5.10 Å². The fraction of sp³-hybridized carbons (Fsp3) is 0.625. The van der Waals surface area contributed by atoms with E-state index in [1.54, 1.807) is 0 Å². The Kier molecular flexibility index (Phi) is 4.26. The van der Waals surface area contributed by atoms with Crippen LogP contribution in [0.3, 0.4) is 0 Å². The Bertz CT molecular complexity index is 848. The second-order valence-corrected chi connectivity index (χ2v) is 7.89. The molecule has 1 amide bonds. The number of aromatic nitrogens is 4. The van der Waals surface area contributed by atoms with E-state index in [4.69, 9.17) is 14.8 Å². The number of aryl methyl sites for hydroxylation is 1. The summed E-state index contributed by atoms with van der Waals surface area (Å²) >= 11 is 3.37. The molecule has 4 heterocycles. The standard InChI is InChI=1S/C16H21BrN6O3/c1-8-14(20-13-10(18-8)12(17)21-22-13)23-5-3-16(4-6-23)7-26-9(2)11(16)19-15(24)25/h9,11,19H,3-7H2,1-2H3,(H,24,25)(H,20,21,22)/t9-,11+/m0/s1. The van der Waals surface area contributed by atoms with Crippen LogP contribution in [0.2, 0.25) is 0 Å². The number of hydrogen-bond donors (Lipinski definition) is 3. The Morgan fingerprint density at radius 3 is 2.85 bits per heavy atom. The Morgan fingerprint density at radius 1 is 1.42 bits per heavy atom. The summed E-state index contributed by atoms with van der Waals surface area (Å²) in [5.74, 6) is 0.846. The molecule has 0 aliphatic carbocycles. The van der Waals surface area contributed by atoms with Crippen molar-refractivity contribution in [3.05, 3.63) is 10.3 Å². The summed E-state index contributed by atoms with van der Waals surface area (Å²) in [5.41, 5.74) is 2.08. The lowest BCUT2D eigenvalue weighted by molar-refractivity contribution is 0.0970. The fourth-order valence-electron chi connectivity index (χ4n) is 4.19. The third-order valence-corrected chi connectivity index (χ3v) is 6.15. The molecule has 26 heavy (non-hydrogen) atoms. The van der Waals surface area contributed by atoms with E-state index >= 15 is 0 Å². The van der Waals surface area contributed by atoms with Gasteiger partial charge in [-0.25, -0.2) is 14.8 Å². The van der Waals surface area contributed by atoms with Crippen molar-refractivity contribution in [1.82, 2.24) is 25.5 Å². The van der Waals surface area contributed by atoms with E-state index in [0.717, 1.165) is 43.0 Å². The van der Waals surface area contributed by atoms with Gasteiger partial charge < -0.3 is 20.1 Å². The SMILES string of the molecule is Cc1nc2c(Br)n[nH]c2nc1N1CCC2(CC1)CO[C@@H](C)[C@H]2NC(=O)O. The van der Waals surface area contributed by atoms with Gasteiger partial charge in [-0.15, -0.1) is 0 Å². The molecule has 2 aromatic rings. The van der Waals surface area contributed by atoms with E-state index in [1.165, 1.54) is 0 Å². The number of carbonyl (C=O) groups is 1. The van der Waals surface area contributed by atoms with Gasteiger partial charge in [0.25, 0.3) is 0 Å². The number of amides is 1. The highest BCUT2D eigenvalue weighted by Gasteiger charge is 2.50. The molecule has 2 aliphatic rings. The van der Waals surface area contributed by atoms with Crippen LogP contribution in [0.5, 0.6) is 0 Å². The number of carboxylic acid groups (broad SMARTS) is 1. The zero-order valence-electron chi connectivity index (χ0n) is 14.6. The minimum atomic E-state index is -0.994. The van der Waals surface area contributed by atoms with Gasteiger partial charge in [0, 0.05) is 18.5 Å². The van der Waals surface area contributed by atoms with Crippen LogP contribution in [0, 0.1) is 12.3 Å². The summed E-state index contributed by atoms with van der Waals surface area (Å²) in [4.78, 5) is 22.7. The molecular formula is C16H21BrN6O3. The molecule has 2 fully saturated rings. The van der Waals surface area contributed by atoms with Crippen LogP contribution in [-0.4, -0.2) is 63.2 Å². The lowest BCUT2D eigenvalue weighted by Crippen LogP contribution is -2.54. The van der Waals surface area contributed by atoms with E-state index in [2.05, 4.69) is 41.3 Å². The molecule has 2 saturated heterocycles. The summed E-state index contributed by atoms with van der Waals surface area (Å²) in [6.07, 6.45) is 0.575. The van der Waals surface area contributed by atoms with Gasteiger partial charge in [-0.05, 0) is 42.6 Å². The summed E-state index contributed by atoms with van der Waals surface area (Å²) in [6, 6.07) is -0.180. The second-order valence-electron chi connectivity index (χ2n) is 7.14. The molecule has 0 saturated carbocycles. The van der Waals surface area contributed by atoms with Crippen molar-refractivity contribution in [2.24, 2.45) is 5.41 Å². The van der Waals surface area contributed by atoms with Crippen LogP contribution in [0.15, 0.2) is 4.60 Å². The van der Waals surface area contributed by atoms with Gasteiger partial charge in [-0.1, -0.05) is 0 Å². The third kappa shape index (κ3) is 2.81. The Morgan fingerprint density at radius 2 is 2.15 bits per heavy atom. The van der Waals surface area contributed by atoms with Gasteiger partial charge in [0.15, 0.2) is 16.1 Å². The highest BCUT2D eigenvalue weighted by molar-refractivity contribution is 9.10. The molecule has 4 rings (SSSR count). The zero-order chi connectivity index (χ0) is 18.5. The van der Waals surface area contributed by atoms with E-state index in [-0.39, 0.29) is 17.6 Å². The van der Waals surface area contributed by atoms with Crippen molar-refractivity contribution < 1.29 is 14.6 Å². The molecule has 9 nitrogen and oxygen atoms in total. The number of aromatic amines is 1. The van der Waals surface area contributed by atoms with Crippen molar-refractivity contribution in [3.8, 4) is 0 Å². The van der Waals surface area contributed by atoms with Crippen LogP contribution in [-0.2, 0) is 4.74 Å². The first-order valence-electron chi connectivity index (χ1n) is 8.64. The van der Waals surface area contributed by atoms with Crippen LogP contribution in [0.4, 0.5) is 10.6 Å². The molecular weight excluding hydrogens is 404 g/mol. The minimum Gasteiger partial charge on any atom is -0.465 e. The Hall–Kier alpha value is -1.94. The van der Waals surface area contributed by atoms with E-state index in [9.17, 15) is 4.79 Å². The number of nitrogens with zero attached hydrogens (tertiary/aromatic N) is 4. The Balaban J connectivity index is 1.55. The van der Waals surface area contributed by atoms with E-state index < -0.39 is 6.09 Å². The highest BCUT2D eigenvalue weighted by Crippen LogP contribution is 2.43. The quantitative estimate of drug-likeness (QED) is 0.675. The average Bonchev–Trinajstić information content (AvgIpc) is 3.10. The molecule has 0 aromatic carbocycles. The molecule has 10 heteroatoms. The first-order valence-corrected chi connectivity index (χ1v) is 9.43. The fourth-order valence-corrected chi connectivity index (χ4v) is 4.56. The van der Waals surface area contributed by atoms with Gasteiger partial charge in [0.05, 0.1) is 24.4 Å². The minimum absolute atomic E-state index is 0.113. The number of halogens is 1. The van der Waals surface area contributed by atoms with Gasteiger partial charge in [0.2, 0.25) is 0 Å². The number of piperidine rings is 1. The summed E-state index contributed by atoms with van der Waals surface area (Å²) in [6.45, 7) is 6.03. The van der Waals surface area contributed by atoms with Crippen molar-refractivity contribution in [1.29, 1.82) is 0 Å². The van der Waals surface area contributed by atoms with Crippen molar-refractivity contribution in [3.63, 3.8) is 0 Å². The third-order valence-electron chi connectivity index (χ3n) is 5.60. The predicted molar refractivity (Wildman–Crippen MR) is 98.4 cm³/mol. The molecule has 2 aromatic heterocycles. The average molecular weight is 425 g/mol. The first kappa shape index (κ1) is 17.5. The van der Waals surface area contributed by atoms with Gasteiger partial charge in [0.1, 0.15) is 5.52 Å². The van der Waals surface area contributed by atoms with Crippen LogP contribution in [0.25, 0.3) is 11.2 Å². The monoisotopic (exact) mass is 424 g/mol. The van der Waals surface area contributed by atoms with E-state index in [1.807, 2.05) is 13.8 Å². The van der Waals surface area contributed by atoms with Gasteiger partial charge in [-0.2, -0.15) is 5.10 Å². The van der Waals surface area contributed by atoms with Crippen LogP contribution >= 0.6 is 15.9 Å². The second kappa shape index (κ2) is 6.34. The maximum absolute atomic E-state index is 11.2. The van der Waals surface area contributed by atoms with Crippen LogP contribution in [0.1, 0.15) is 25.5 Å². The molecule has 0 bridgehead atoms. The lowest BCUT2D eigenvalue weighted by Gasteiger charge is -2.42. The van der Waals surface area contributed by atoms with Crippen molar-refractivity contribution in [2.45, 2.75) is 38.8 Å². The molecule has 2 aliphatic heterocycles. The Labute approximate surface area is 158 Å². The summed E-state index contributed by atoms with van der Waals surface area (Å²) < 4.78 is 6.45. The number of hydrogen-bond acceptors (Lipinski definition) is 6. The van der Waals surface area contributed by atoms with E-state index in [0.29, 0.717) is 16.9 Å². The molecule has 3 N–H and O–H groups in total. The number of anilines is 1. The van der Waals surface area contributed by atoms with Gasteiger partial charge >= 0.3 is 6.09 Å². The number of fused-ring (bicyclic) bond motifs is 1. The maximum Gasteiger partial charge on any atom is 0.404 e. The number of rotatable bonds is 2. The smallest absolute Gasteiger partial charge is 0.404 e. The summed E-state index contributed by atoms with van der Waals surface area (Å²) in [7, 11) is 0. The highest BCUT2D eigenvalue weighted by atomic mass is 79.9. The zero-order valence-corrected chi connectivity index (χ0v) is 16.2. The molecule has 0 unspecified atom stereocenters. The lowest BCUT2D eigenvalue weighted by atomic mass is 9.73. The van der Waals surface area contributed by atoms with Crippen molar-refractivity contribution >= 4 is 39.0 Å². The summed E-state index contributed by atoms with van der Waals surface area (Å²) in [5, 5.41) is 18.8.